The van der Waals surface area contributed by atoms with E-state index in [1.807, 2.05) is 0 Å². The fraction of sp³-hybridized carbons (Fsp3) is 0.600. The number of carbonyl (C=O) groups is 4. The van der Waals surface area contributed by atoms with Crippen LogP contribution in [0.1, 0.15) is 25.7 Å². The topological polar surface area (TPSA) is 133 Å². The number of hydrogen-bond donors (Lipinski definition) is 4. The van der Waals surface area contributed by atoms with Gasteiger partial charge in [-0.3, -0.25) is 14.4 Å². The van der Waals surface area contributed by atoms with E-state index < -0.39 is 29.9 Å². The predicted molar refractivity (Wildman–Crippen MR) is 57.6 cm³/mol. The van der Waals surface area contributed by atoms with Crippen molar-refractivity contribution in [2.45, 2.75) is 37.8 Å². The van der Waals surface area contributed by atoms with E-state index in [1.165, 1.54) is 0 Å². The molecule has 4 N–H and O–H groups in total. The van der Waals surface area contributed by atoms with Crippen molar-refractivity contribution in [2.24, 2.45) is 0 Å². The van der Waals surface area contributed by atoms with Gasteiger partial charge in [-0.25, -0.2) is 4.79 Å². The summed E-state index contributed by atoms with van der Waals surface area (Å²) in [5, 5.41) is 21.9. The Kier molecular flexibility index (Phi) is 4.64. The second-order valence-corrected chi connectivity index (χ2v) is 3.99. The van der Waals surface area contributed by atoms with Crippen LogP contribution in [0.15, 0.2) is 0 Å². The quantitative estimate of drug-likeness (QED) is 0.468. The van der Waals surface area contributed by atoms with Crippen LogP contribution < -0.4 is 10.6 Å². The molecule has 1 saturated heterocycles. The van der Waals surface area contributed by atoms with Gasteiger partial charge in [0.05, 0.1) is 0 Å². The van der Waals surface area contributed by atoms with Crippen molar-refractivity contribution in [3.05, 3.63) is 0 Å². The molecule has 0 spiro atoms. The summed E-state index contributed by atoms with van der Waals surface area (Å²) in [6, 6.07) is -1.99. The summed E-state index contributed by atoms with van der Waals surface area (Å²) in [6.07, 6.45) is -0.00771. The molecule has 8 heteroatoms. The monoisotopic (exact) mass is 258 g/mol. The Bertz CT molecular complexity index is 381. The lowest BCUT2D eigenvalue weighted by Gasteiger charge is -2.16. The molecule has 1 aliphatic rings. The van der Waals surface area contributed by atoms with Crippen molar-refractivity contribution < 1.29 is 29.4 Å². The van der Waals surface area contributed by atoms with Crippen molar-refractivity contribution in [1.29, 1.82) is 0 Å². The molecular formula is C10H14N2O6. The maximum Gasteiger partial charge on any atom is 0.326 e. The Labute approximate surface area is 102 Å². The highest BCUT2D eigenvalue weighted by Crippen LogP contribution is 2.07. The molecule has 0 aliphatic carbocycles. The fourth-order valence-electron chi connectivity index (χ4n) is 1.61. The molecular weight excluding hydrogens is 244 g/mol. The number of amides is 2. The van der Waals surface area contributed by atoms with Crippen molar-refractivity contribution >= 4 is 23.8 Å². The third-order valence-electron chi connectivity index (χ3n) is 2.57. The molecule has 1 rings (SSSR count). The van der Waals surface area contributed by atoms with Gasteiger partial charge in [0.1, 0.15) is 12.1 Å². The lowest BCUT2D eigenvalue weighted by atomic mass is 10.1. The van der Waals surface area contributed by atoms with Crippen LogP contribution in [0.2, 0.25) is 0 Å². The van der Waals surface area contributed by atoms with Crippen LogP contribution in [-0.2, 0) is 19.2 Å². The Hall–Kier alpha value is -2.12. The maximum absolute atomic E-state index is 11.6. The summed E-state index contributed by atoms with van der Waals surface area (Å²) >= 11 is 0. The van der Waals surface area contributed by atoms with Gasteiger partial charge < -0.3 is 20.8 Å². The molecule has 1 fully saturated rings. The van der Waals surface area contributed by atoms with Crippen LogP contribution in [0.25, 0.3) is 0 Å². The number of nitrogens with one attached hydrogen (secondary N) is 2. The standard InChI is InChI=1S/C10H14N2O6/c13-7-3-1-5(11-7)9(16)12-6(10(17)18)2-4-8(14)15/h5-6H,1-4H2,(H,11,13)(H,12,16)(H,14,15)(H,17,18)/t5-,6-/m1/s1. The zero-order valence-electron chi connectivity index (χ0n) is 9.51. The van der Waals surface area contributed by atoms with Crippen molar-refractivity contribution in [2.75, 3.05) is 0 Å². The van der Waals surface area contributed by atoms with Gasteiger partial charge in [0, 0.05) is 12.8 Å². The maximum atomic E-state index is 11.6. The Morgan fingerprint density at radius 3 is 2.50 bits per heavy atom. The minimum Gasteiger partial charge on any atom is -0.481 e. The Morgan fingerprint density at radius 1 is 1.39 bits per heavy atom. The molecule has 0 radical (unpaired) electrons. The molecule has 2 atom stereocenters. The van der Waals surface area contributed by atoms with E-state index in [0.29, 0.717) is 6.42 Å². The first kappa shape index (κ1) is 13.9. The Balaban J connectivity index is 2.49. The van der Waals surface area contributed by atoms with E-state index in [4.69, 9.17) is 10.2 Å². The van der Waals surface area contributed by atoms with Gasteiger partial charge in [0.2, 0.25) is 11.8 Å². The van der Waals surface area contributed by atoms with Crippen molar-refractivity contribution in [1.82, 2.24) is 10.6 Å². The Morgan fingerprint density at radius 2 is 2.06 bits per heavy atom. The molecule has 18 heavy (non-hydrogen) atoms. The number of aliphatic carboxylic acids is 2. The number of carbonyl (C=O) groups excluding carboxylic acids is 2. The summed E-state index contributed by atoms with van der Waals surface area (Å²) in [5.41, 5.74) is 0. The highest BCUT2D eigenvalue weighted by molar-refractivity contribution is 5.92. The highest BCUT2D eigenvalue weighted by Gasteiger charge is 2.30. The van der Waals surface area contributed by atoms with E-state index in [0.717, 1.165) is 0 Å². The van der Waals surface area contributed by atoms with Crippen molar-refractivity contribution in [3.63, 3.8) is 0 Å². The lowest BCUT2D eigenvalue weighted by molar-refractivity contribution is -0.143. The van der Waals surface area contributed by atoms with E-state index in [-0.39, 0.29) is 25.2 Å². The summed E-state index contributed by atoms with van der Waals surface area (Å²) in [7, 11) is 0. The summed E-state index contributed by atoms with van der Waals surface area (Å²) < 4.78 is 0. The molecule has 1 heterocycles. The first-order chi connectivity index (χ1) is 8.40. The van der Waals surface area contributed by atoms with Crippen molar-refractivity contribution in [3.8, 4) is 0 Å². The SMILES string of the molecule is O=C(O)CC[C@@H](NC(=O)[C@H]1CCC(=O)N1)C(=O)O. The van der Waals surface area contributed by atoms with Gasteiger partial charge in [-0.05, 0) is 12.8 Å². The van der Waals surface area contributed by atoms with Crippen LogP contribution in [0, 0.1) is 0 Å². The van der Waals surface area contributed by atoms with Crippen LogP contribution in [0.4, 0.5) is 0 Å². The molecule has 0 bridgehead atoms. The fourth-order valence-corrected chi connectivity index (χ4v) is 1.61. The minimum atomic E-state index is -1.30. The van der Waals surface area contributed by atoms with Gasteiger partial charge in [0.25, 0.3) is 0 Å². The lowest BCUT2D eigenvalue weighted by Crippen LogP contribution is -2.48. The number of rotatable bonds is 6. The van der Waals surface area contributed by atoms with E-state index in [1.54, 1.807) is 0 Å². The van der Waals surface area contributed by atoms with Crippen LogP contribution >= 0.6 is 0 Å². The first-order valence-corrected chi connectivity index (χ1v) is 5.44. The van der Waals surface area contributed by atoms with Crippen LogP contribution in [0.3, 0.4) is 0 Å². The third-order valence-corrected chi connectivity index (χ3v) is 2.57. The number of hydrogen-bond acceptors (Lipinski definition) is 4. The average Bonchev–Trinajstić information content (AvgIpc) is 2.70. The normalized spacial score (nSPS) is 20.0. The van der Waals surface area contributed by atoms with E-state index in [9.17, 15) is 19.2 Å². The second kappa shape index (κ2) is 5.99. The summed E-state index contributed by atoms with van der Waals surface area (Å²) in [4.78, 5) is 43.7. The first-order valence-electron chi connectivity index (χ1n) is 5.44. The third kappa shape index (κ3) is 4.04. The minimum absolute atomic E-state index is 0.197. The predicted octanol–water partition coefficient (Wildman–Crippen LogP) is -1.30. The smallest absolute Gasteiger partial charge is 0.326 e. The van der Waals surface area contributed by atoms with Gasteiger partial charge in [-0.2, -0.15) is 0 Å². The molecule has 0 aromatic heterocycles. The second-order valence-electron chi connectivity index (χ2n) is 3.99. The van der Waals surface area contributed by atoms with Crippen LogP contribution in [-0.4, -0.2) is 46.0 Å². The molecule has 1 aliphatic heterocycles. The van der Waals surface area contributed by atoms with Gasteiger partial charge in [-0.15, -0.1) is 0 Å². The van der Waals surface area contributed by atoms with Gasteiger partial charge >= 0.3 is 11.9 Å². The zero-order chi connectivity index (χ0) is 13.7. The highest BCUT2D eigenvalue weighted by atomic mass is 16.4. The summed E-state index contributed by atoms with van der Waals surface area (Å²) in [5.74, 6) is -3.29. The number of carboxylic acids is 2. The van der Waals surface area contributed by atoms with E-state index in [2.05, 4.69) is 10.6 Å². The van der Waals surface area contributed by atoms with E-state index >= 15 is 0 Å². The largest absolute Gasteiger partial charge is 0.481 e. The molecule has 8 nitrogen and oxygen atoms in total. The molecule has 0 unspecified atom stereocenters. The molecule has 0 saturated carbocycles. The average molecular weight is 258 g/mol. The molecule has 2 amide bonds. The molecule has 0 aromatic carbocycles. The summed E-state index contributed by atoms with van der Waals surface area (Å²) in [6.45, 7) is 0. The van der Waals surface area contributed by atoms with Gasteiger partial charge in [0.15, 0.2) is 0 Å². The number of carboxylic acid groups (broad SMARTS) is 2. The molecule has 0 aromatic rings. The zero-order valence-corrected chi connectivity index (χ0v) is 9.51. The molecule has 100 valence electrons. The van der Waals surface area contributed by atoms with Crippen LogP contribution in [0.5, 0.6) is 0 Å². The van der Waals surface area contributed by atoms with Gasteiger partial charge in [-0.1, -0.05) is 0 Å².